The summed E-state index contributed by atoms with van der Waals surface area (Å²) in [5.41, 5.74) is 4.81. The lowest BCUT2D eigenvalue weighted by atomic mass is 10.2. The lowest BCUT2D eigenvalue weighted by Gasteiger charge is -2.01. The van der Waals surface area contributed by atoms with Gasteiger partial charge in [-0.1, -0.05) is 0 Å². The van der Waals surface area contributed by atoms with Gasteiger partial charge in [-0.2, -0.15) is 0 Å². The minimum atomic E-state index is -3.46. The predicted molar refractivity (Wildman–Crippen MR) is 37.4 cm³/mol. The van der Waals surface area contributed by atoms with Crippen molar-refractivity contribution >= 4 is 15.7 Å². The van der Waals surface area contributed by atoms with E-state index in [-0.39, 0.29) is 12.2 Å². The van der Waals surface area contributed by atoms with Crippen molar-refractivity contribution in [3.05, 3.63) is 0 Å². The van der Waals surface area contributed by atoms with Crippen LogP contribution in [0.25, 0.3) is 0 Å². The zero-order valence-corrected chi connectivity index (χ0v) is 6.54. The molecule has 0 spiro atoms. The molecule has 5 nitrogen and oxygen atoms in total. The first kappa shape index (κ1) is 8.48. The Bertz CT molecular complexity index is 270. The highest BCUT2D eigenvalue weighted by molar-refractivity contribution is 7.93. The highest BCUT2D eigenvalue weighted by Gasteiger charge is 2.40. The molecule has 1 amide bonds. The van der Waals surface area contributed by atoms with Crippen LogP contribution in [-0.2, 0) is 14.6 Å². The molecule has 1 aliphatic heterocycles. The number of sulfone groups is 1. The van der Waals surface area contributed by atoms with Crippen LogP contribution in [0.5, 0.6) is 0 Å². The summed E-state index contributed by atoms with van der Waals surface area (Å²) in [4.78, 5) is 10.5. The zero-order chi connectivity index (χ0) is 8.65. The third kappa shape index (κ3) is 1.51. The van der Waals surface area contributed by atoms with Gasteiger partial charge in [0.05, 0.1) is 11.9 Å². The van der Waals surface area contributed by atoms with Crippen molar-refractivity contribution in [3.63, 3.8) is 0 Å². The van der Waals surface area contributed by atoms with Crippen LogP contribution in [0, 0.1) is 0 Å². The van der Waals surface area contributed by atoms with Crippen molar-refractivity contribution in [2.45, 2.75) is 17.8 Å². The van der Waals surface area contributed by atoms with Crippen molar-refractivity contribution in [2.75, 3.05) is 5.75 Å². The summed E-state index contributed by atoms with van der Waals surface area (Å²) in [7, 11) is -3.46. The van der Waals surface area contributed by atoms with E-state index in [9.17, 15) is 13.2 Å². The number of amides is 1. The maximum absolute atomic E-state index is 11.0. The Morgan fingerprint density at radius 2 is 2.09 bits per heavy atom. The molecule has 2 unspecified atom stereocenters. The Kier molecular flexibility index (Phi) is 1.89. The average molecular weight is 179 g/mol. The molecular weight excluding hydrogens is 170 g/mol. The highest BCUT2D eigenvalue weighted by Crippen LogP contribution is 2.19. The summed E-state index contributed by atoms with van der Waals surface area (Å²) in [6, 6.07) is 0. The zero-order valence-electron chi connectivity index (χ0n) is 5.73. The Labute approximate surface area is 64.1 Å². The van der Waals surface area contributed by atoms with Gasteiger partial charge in [-0.05, 0) is 6.42 Å². The van der Waals surface area contributed by atoms with Gasteiger partial charge in [0.25, 0.3) is 0 Å². The lowest BCUT2D eigenvalue weighted by molar-refractivity contribution is -0.117. The van der Waals surface area contributed by atoms with Crippen LogP contribution in [0.15, 0.2) is 0 Å². The summed E-state index contributed by atoms with van der Waals surface area (Å²) < 4.78 is 21.9. The number of carbonyl (C=O) groups is 1. The van der Waals surface area contributed by atoms with Gasteiger partial charge in [0.2, 0.25) is 5.91 Å². The fraction of sp³-hybridized carbons (Fsp3) is 0.800. The van der Waals surface area contributed by atoms with Crippen molar-refractivity contribution in [3.8, 4) is 0 Å². The quantitative estimate of drug-likeness (QED) is 0.487. The standard InChI is InChI=1S/C5H9NO4S/c6-5(8)4-1-3(7)2-11(4,9)10/h3-4,7H,1-2H2,(H2,6,8). The number of aliphatic hydroxyl groups is 1. The van der Waals surface area contributed by atoms with Gasteiger partial charge in [-0.15, -0.1) is 0 Å². The van der Waals surface area contributed by atoms with Crippen LogP contribution in [0.4, 0.5) is 0 Å². The van der Waals surface area contributed by atoms with Gasteiger partial charge < -0.3 is 10.8 Å². The number of primary amides is 1. The van der Waals surface area contributed by atoms with Crippen LogP contribution in [-0.4, -0.2) is 36.5 Å². The van der Waals surface area contributed by atoms with Crippen LogP contribution >= 0.6 is 0 Å². The molecule has 0 aromatic heterocycles. The second kappa shape index (κ2) is 2.46. The van der Waals surface area contributed by atoms with Crippen molar-refractivity contribution in [2.24, 2.45) is 5.73 Å². The molecule has 1 rings (SSSR count). The summed E-state index contributed by atoms with van der Waals surface area (Å²) in [5.74, 6) is -1.22. The van der Waals surface area contributed by atoms with Crippen LogP contribution in [0.3, 0.4) is 0 Å². The van der Waals surface area contributed by atoms with E-state index in [0.29, 0.717) is 0 Å². The Balaban J connectivity index is 2.92. The summed E-state index contributed by atoms with van der Waals surface area (Å²) in [6.45, 7) is 0. The lowest BCUT2D eigenvalue weighted by Crippen LogP contribution is -2.32. The van der Waals surface area contributed by atoms with E-state index in [0.717, 1.165) is 0 Å². The number of nitrogens with two attached hydrogens (primary N) is 1. The van der Waals surface area contributed by atoms with E-state index in [4.69, 9.17) is 10.8 Å². The molecule has 1 heterocycles. The van der Waals surface area contributed by atoms with E-state index >= 15 is 0 Å². The van der Waals surface area contributed by atoms with Gasteiger partial charge in [0.15, 0.2) is 9.84 Å². The molecule has 2 atom stereocenters. The summed E-state index contributed by atoms with van der Waals surface area (Å²) in [5, 5.41) is 7.71. The minimum absolute atomic E-state index is 0.0579. The monoisotopic (exact) mass is 179 g/mol. The van der Waals surface area contributed by atoms with E-state index < -0.39 is 27.1 Å². The van der Waals surface area contributed by atoms with Crippen LogP contribution < -0.4 is 5.73 Å². The molecule has 0 aromatic rings. The van der Waals surface area contributed by atoms with E-state index in [2.05, 4.69) is 0 Å². The molecule has 0 aromatic carbocycles. The summed E-state index contributed by atoms with van der Waals surface area (Å²) >= 11 is 0. The number of rotatable bonds is 1. The second-order valence-corrected chi connectivity index (χ2v) is 4.84. The molecule has 3 N–H and O–H groups in total. The third-order valence-electron chi connectivity index (χ3n) is 1.66. The van der Waals surface area contributed by atoms with E-state index in [1.54, 1.807) is 0 Å². The van der Waals surface area contributed by atoms with Crippen molar-refractivity contribution in [1.82, 2.24) is 0 Å². The molecule has 1 saturated heterocycles. The molecule has 0 bridgehead atoms. The molecule has 64 valence electrons. The minimum Gasteiger partial charge on any atom is -0.392 e. The first-order chi connectivity index (χ1) is 4.93. The number of aliphatic hydroxyl groups excluding tert-OH is 1. The van der Waals surface area contributed by atoms with Crippen molar-refractivity contribution < 1.29 is 18.3 Å². The molecule has 6 heteroatoms. The van der Waals surface area contributed by atoms with E-state index in [1.165, 1.54) is 0 Å². The molecule has 1 aliphatic rings. The maximum atomic E-state index is 11.0. The normalized spacial score (nSPS) is 35.4. The first-order valence-corrected chi connectivity index (χ1v) is 4.84. The van der Waals surface area contributed by atoms with Gasteiger partial charge in [-0.25, -0.2) is 8.42 Å². The fourth-order valence-corrected chi connectivity index (χ4v) is 2.91. The van der Waals surface area contributed by atoms with Gasteiger partial charge >= 0.3 is 0 Å². The highest BCUT2D eigenvalue weighted by atomic mass is 32.2. The topological polar surface area (TPSA) is 97.5 Å². The predicted octanol–water partition coefficient (Wildman–Crippen LogP) is -1.98. The Morgan fingerprint density at radius 3 is 2.27 bits per heavy atom. The molecule has 0 aliphatic carbocycles. The van der Waals surface area contributed by atoms with Gasteiger partial charge in [-0.3, -0.25) is 4.79 Å². The number of hydrogen-bond acceptors (Lipinski definition) is 4. The average Bonchev–Trinajstić information content (AvgIpc) is 2.04. The van der Waals surface area contributed by atoms with Crippen LogP contribution in [0.2, 0.25) is 0 Å². The number of hydrogen-bond donors (Lipinski definition) is 2. The molecule has 0 saturated carbocycles. The van der Waals surface area contributed by atoms with Gasteiger partial charge in [0.1, 0.15) is 5.25 Å². The smallest absolute Gasteiger partial charge is 0.235 e. The second-order valence-electron chi connectivity index (χ2n) is 2.61. The first-order valence-electron chi connectivity index (χ1n) is 3.12. The Morgan fingerprint density at radius 1 is 1.55 bits per heavy atom. The Hall–Kier alpha value is -0.620. The van der Waals surface area contributed by atoms with Crippen LogP contribution in [0.1, 0.15) is 6.42 Å². The van der Waals surface area contributed by atoms with E-state index in [1.807, 2.05) is 0 Å². The number of carbonyl (C=O) groups excluding carboxylic acids is 1. The molecule has 11 heavy (non-hydrogen) atoms. The SMILES string of the molecule is NC(=O)C1CC(O)CS1(=O)=O. The van der Waals surface area contributed by atoms with Gasteiger partial charge in [0, 0.05) is 0 Å². The third-order valence-corrected chi connectivity index (χ3v) is 3.80. The molecule has 0 radical (unpaired) electrons. The van der Waals surface area contributed by atoms with Crippen molar-refractivity contribution in [1.29, 1.82) is 0 Å². The maximum Gasteiger partial charge on any atom is 0.235 e. The largest absolute Gasteiger partial charge is 0.392 e. The fourth-order valence-electron chi connectivity index (χ4n) is 1.14. The molecule has 1 fully saturated rings. The summed E-state index contributed by atoms with van der Waals surface area (Å²) in [6.07, 6.45) is -0.991. The molecular formula is C5H9NO4S.